The van der Waals surface area contributed by atoms with Gasteiger partial charge in [0.1, 0.15) is 0 Å². The summed E-state index contributed by atoms with van der Waals surface area (Å²) in [7, 11) is 2.34. The summed E-state index contributed by atoms with van der Waals surface area (Å²) in [6, 6.07) is 4.48. The zero-order chi connectivity index (χ0) is 14.0. The summed E-state index contributed by atoms with van der Waals surface area (Å²) in [5, 5.41) is 17.1. The van der Waals surface area contributed by atoms with Gasteiger partial charge in [0, 0.05) is 26.1 Å². The van der Waals surface area contributed by atoms with Crippen molar-refractivity contribution in [1.29, 1.82) is 0 Å². The Hall–Kier alpha value is -2.16. The quantitative estimate of drug-likeness (QED) is 0.425. The van der Waals surface area contributed by atoms with Crippen LogP contribution in [0.3, 0.4) is 0 Å². The molecule has 0 aliphatic carbocycles. The normalized spacial score (nSPS) is 11.2. The van der Waals surface area contributed by atoms with Gasteiger partial charge < -0.3 is 4.59 Å². The number of aromatic nitrogens is 3. The molecule has 93 valence electrons. The third kappa shape index (κ3) is 2.50. The summed E-state index contributed by atoms with van der Waals surface area (Å²) in [4.78, 5) is 9.76. The first-order chi connectivity index (χ1) is 8.95. The fraction of sp³-hybridized carbons (Fsp3) is 0. The van der Waals surface area contributed by atoms with Gasteiger partial charge in [0.25, 0.3) is 5.69 Å². The highest BCUT2D eigenvalue weighted by molar-refractivity contribution is 7.91. The van der Waals surface area contributed by atoms with Gasteiger partial charge in [0.2, 0.25) is 22.2 Å². The molecular weight excluding hydrogens is 270 g/mol. The molecule has 0 saturated carbocycles. The summed E-state index contributed by atoms with van der Waals surface area (Å²) < 4.78 is 25.2. The molecule has 0 amide bonds. The van der Waals surface area contributed by atoms with Crippen molar-refractivity contribution >= 4 is 30.6 Å². The van der Waals surface area contributed by atoms with E-state index >= 15 is 0 Å². The predicted octanol–water partition coefficient (Wildman–Crippen LogP) is -0.430. The van der Waals surface area contributed by atoms with Crippen molar-refractivity contribution in [3.05, 3.63) is 40.6 Å². The molecule has 19 heavy (non-hydrogen) atoms. The number of hydrogen-bond donors (Lipinski definition) is 0. The van der Waals surface area contributed by atoms with Gasteiger partial charge in [-0.05, 0) is 12.1 Å². The molecule has 2 rings (SSSR count). The van der Waals surface area contributed by atoms with Crippen LogP contribution in [0.15, 0.2) is 40.4 Å². The van der Waals surface area contributed by atoms with Crippen LogP contribution < -0.4 is 0 Å². The van der Waals surface area contributed by atoms with Crippen molar-refractivity contribution in [1.82, 2.24) is 14.9 Å². The highest BCUT2D eigenvalue weighted by Crippen LogP contribution is 2.21. The molecule has 0 saturated heterocycles. The smallest absolute Gasteiger partial charge is 0.269 e. The van der Waals surface area contributed by atoms with E-state index in [0.29, 0.717) is 0 Å². The molecule has 3 radical (unpaired) electrons. The molecule has 1 heterocycles. The van der Waals surface area contributed by atoms with Crippen molar-refractivity contribution in [2.45, 2.75) is 9.92 Å². The van der Waals surface area contributed by atoms with Gasteiger partial charge in [-0.1, -0.05) is 5.21 Å². The molecule has 11 heteroatoms. The molecule has 0 atom stereocenters. The van der Waals surface area contributed by atoms with Crippen LogP contribution in [0.25, 0.3) is 0 Å². The second kappa shape index (κ2) is 4.84. The summed E-state index contributed by atoms with van der Waals surface area (Å²) in [6.45, 7) is 0. The Morgan fingerprint density at radius 1 is 1.32 bits per heavy atom. The maximum absolute atomic E-state index is 12.1. The molecule has 1 aromatic carbocycles. The lowest BCUT2D eigenvalue weighted by atomic mass is 9.67. The van der Waals surface area contributed by atoms with Gasteiger partial charge in [-0.15, -0.1) is 5.10 Å². The largest absolute Gasteiger partial charge is 0.313 e. The van der Waals surface area contributed by atoms with Gasteiger partial charge in [-0.2, -0.15) is 0 Å². The average molecular weight is 275 g/mol. The van der Waals surface area contributed by atoms with E-state index in [0.717, 1.165) is 42.4 Å². The lowest BCUT2D eigenvalue weighted by Gasteiger charge is -1.99. The molecule has 2 aromatic rings. The second-order valence-corrected chi connectivity index (χ2v) is 5.34. The number of sulfone groups is 1. The first kappa shape index (κ1) is 13.3. The van der Waals surface area contributed by atoms with Gasteiger partial charge in [-0.25, -0.2) is 8.42 Å². The summed E-state index contributed by atoms with van der Waals surface area (Å²) in [6.07, 6.45) is 1.14. The number of hydrogen-bond acceptors (Lipinski definition) is 6. The Kier molecular flexibility index (Phi) is 3.38. The molecular formula is C8H5B2N4O4S. The molecule has 0 aliphatic heterocycles. The summed E-state index contributed by atoms with van der Waals surface area (Å²) in [5.74, 6) is 0. The number of nitro benzene ring substituents is 1. The molecule has 1 aromatic heterocycles. The average Bonchev–Trinajstić information content (AvgIpc) is 2.88. The van der Waals surface area contributed by atoms with Gasteiger partial charge in [0.15, 0.2) is 0 Å². The molecule has 0 bridgehead atoms. The summed E-state index contributed by atoms with van der Waals surface area (Å²) >= 11 is 0. The van der Waals surface area contributed by atoms with Crippen LogP contribution in [0.1, 0.15) is 0 Å². The Morgan fingerprint density at radius 2 is 1.95 bits per heavy atom. The van der Waals surface area contributed by atoms with E-state index in [4.69, 9.17) is 7.74 Å². The van der Waals surface area contributed by atoms with Crippen LogP contribution in [0.4, 0.5) is 5.69 Å². The highest BCUT2D eigenvalue weighted by atomic mass is 32.2. The van der Waals surface area contributed by atoms with Crippen LogP contribution in [0, 0.1) is 10.1 Å². The molecule has 0 aliphatic rings. The molecule has 0 N–H and O–H groups in total. The van der Waals surface area contributed by atoms with E-state index < -0.39 is 14.8 Å². The second-order valence-electron chi connectivity index (χ2n) is 3.44. The Labute approximate surface area is 110 Å². The summed E-state index contributed by atoms with van der Waals surface area (Å²) in [5.41, 5.74) is -0.196. The SMILES string of the molecule is [B][B]n1cc(S(=O)(=O)c2ccc([N+](=O)[O-])cc2)nn1. The van der Waals surface area contributed by atoms with Crippen molar-refractivity contribution in [2.24, 2.45) is 0 Å². The molecule has 0 spiro atoms. The first-order valence-corrected chi connectivity index (χ1v) is 6.40. The standard InChI is InChI=1S/C8H5B2N4O4S/c9-10-13-5-8(11-12-13)19(17,18)7-3-1-6(2-4-7)14(15)16/h1-5H. The molecule has 8 nitrogen and oxygen atoms in total. The van der Waals surface area contributed by atoms with Crippen LogP contribution in [-0.4, -0.2) is 43.3 Å². The lowest BCUT2D eigenvalue weighted by molar-refractivity contribution is -0.384. The fourth-order valence-electron chi connectivity index (χ4n) is 1.32. The van der Waals surface area contributed by atoms with Crippen LogP contribution >= 0.6 is 0 Å². The van der Waals surface area contributed by atoms with Crippen molar-refractivity contribution in [2.75, 3.05) is 0 Å². The third-order valence-corrected chi connectivity index (χ3v) is 3.91. The van der Waals surface area contributed by atoms with Gasteiger partial charge in [0.05, 0.1) is 9.82 Å². The highest BCUT2D eigenvalue weighted by Gasteiger charge is 2.22. The van der Waals surface area contributed by atoms with Crippen molar-refractivity contribution in [3.63, 3.8) is 0 Å². The molecule has 0 fully saturated rings. The minimum atomic E-state index is -3.86. The maximum Gasteiger partial charge on any atom is 0.269 e. The minimum Gasteiger partial charge on any atom is -0.313 e. The van der Waals surface area contributed by atoms with Crippen molar-refractivity contribution in [3.8, 4) is 0 Å². The fourth-order valence-corrected chi connectivity index (χ4v) is 2.45. The van der Waals surface area contributed by atoms with E-state index in [1.54, 1.807) is 0 Å². The topological polar surface area (TPSA) is 108 Å². The monoisotopic (exact) mass is 275 g/mol. The Balaban J connectivity index is 2.41. The van der Waals surface area contributed by atoms with E-state index in [9.17, 15) is 18.5 Å². The first-order valence-electron chi connectivity index (χ1n) is 4.91. The van der Waals surface area contributed by atoms with E-state index in [1.807, 2.05) is 0 Å². The van der Waals surface area contributed by atoms with Gasteiger partial charge >= 0.3 is 0 Å². The number of rotatable bonds is 4. The molecule has 0 unspecified atom stereocenters. The van der Waals surface area contributed by atoms with Crippen LogP contribution in [-0.2, 0) is 9.84 Å². The lowest BCUT2D eigenvalue weighted by Crippen LogP contribution is -2.06. The van der Waals surface area contributed by atoms with Crippen molar-refractivity contribution < 1.29 is 13.3 Å². The van der Waals surface area contributed by atoms with Gasteiger partial charge in [-0.3, -0.25) is 10.1 Å². The van der Waals surface area contributed by atoms with E-state index in [-0.39, 0.29) is 15.6 Å². The maximum atomic E-state index is 12.1. The Bertz CT molecular complexity index is 713. The zero-order valence-electron chi connectivity index (χ0n) is 9.37. The number of benzene rings is 1. The number of nitrogens with zero attached hydrogens (tertiary/aromatic N) is 4. The van der Waals surface area contributed by atoms with E-state index in [2.05, 4.69) is 10.3 Å². The number of nitro groups is 1. The van der Waals surface area contributed by atoms with Crippen LogP contribution in [0.2, 0.25) is 0 Å². The van der Waals surface area contributed by atoms with Crippen LogP contribution in [0.5, 0.6) is 0 Å². The number of non-ortho nitro benzene ring substituents is 1. The Morgan fingerprint density at radius 3 is 2.42 bits per heavy atom. The third-order valence-electron chi connectivity index (χ3n) is 2.28. The predicted molar refractivity (Wildman–Crippen MR) is 65.5 cm³/mol. The van der Waals surface area contributed by atoms with E-state index in [1.165, 1.54) is 0 Å². The minimum absolute atomic E-state index is 0.109. The zero-order valence-corrected chi connectivity index (χ0v) is 10.2.